The highest BCUT2D eigenvalue weighted by Crippen LogP contribution is 2.52. The lowest BCUT2D eigenvalue weighted by atomic mass is 9.57. The van der Waals surface area contributed by atoms with Crippen LogP contribution in [0.5, 0.6) is 0 Å². The van der Waals surface area contributed by atoms with Crippen LogP contribution in [-0.2, 0) is 19.7 Å². The maximum Gasteiger partial charge on any atom is 0.315 e. The van der Waals surface area contributed by atoms with Crippen LogP contribution in [0.25, 0.3) is 0 Å². The number of rotatable bonds is 3. The smallest absolute Gasteiger partial charge is 0.315 e. The normalized spacial score (nSPS) is 23.8. The number of halogens is 1. The van der Waals surface area contributed by atoms with Crippen molar-refractivity contribution in [2.75, 3.05) is 26.4 Å². The molecule has 2 saturated heterocycles. The van der Waals surface area contributed by atoms with Gasteiger partial charge >= 0.3 is 5.97 Å². The average molecular weight is 269 g/mol. The molecule has 0 unspecified atom stereocenters. The van der Waals surface area contributed by atoms with E-state index in [1.54, 1.807) is 12.1 Å². The van der Waals surface area contributed by atoms with Crippen molar-refractivity contribution in [3.05, 3.63) is 34.9 Å². The van der Waals surface area contributed by atoms with Gasteiger partial charge in [-0.2, -0.15) is 0 Å². The topological polar surface area (TPSA) is 55.8 Å². The molecule has 0 radical (unpaired) electrons. The Kier molecular flexibility index (Phi) is 2.62. The number of aliphatic carboxylic acids is 1. The van der Waals surface area contributed by atoms with E-state index < -0.39 is 16.8 Å². The molecular formula is C13H13ClO4. The van der Waals surface area contributed by atoms with Crippen LogP contribution in [0.1, 0.15) is 5.56 Å². The van der Waals surface area contributed by atoms with Crippen molar-refractivity contribution in [3.8, 4) is 0 Å². The monoisotopic (exact) mass is 268 g/mol. The summed E-state index contributed by atoms with van der Waals surface area (Å²) in [7, 11) is 0. The second-order valence-electron chi connectivity index (χ2n) is 4.96. The highest BCUT2D eigenvalue weighted by Gasteiger charge is 2.65. The molecule has 4 nitrogen and oxygen atoms in total. The molecule has 0 atom stereocenters. The minimum atomic E-state index is -0.862. The fraction of sp³-hybridized carbons (Fsp3) is 0.462. The van der Waals surface area contributed by atoms with Crippen LogP contribution in [0.2, 0.25) is 5.02 Å². The molecule has 0 spiro atoms. The standard InChI is InChI=1S/C13H13ClO4/c14-10-3-1-9(2-4-10)12(5-17-6-12)13(11(15)16)7-18-8-13/h1-4H,5-8H2,(H,15,16). The SMILES string of the molecule is O=C(O)C1(C2(c3ccc(Cl)cc3)COC2)COC1. The summed E-state index contributed by atoms with van der Waals surface area (Å²) in [5.74, 6) is -0.813. The van der Waals surface area contributed by atoms with Crippen molar-refractivity contribution >= 4 is 17.6 Å². The Balaban J connectivity index is 2.04. The molecule has 96 valence electrons. The van der Waals surface area contributed by atoms with Crippen molar-refractivity contribution in [2.45, 2.75) is 5.41 Å². The Morgan fingerprint density at radius 3 is 2.00 bits per heavy atom. The van der Waals surface area contributed by atoms with Gasteiger partial charge in [-0.15, -0.1) is 0 Å². The maximum atomic E-state index is 11.6. The van der Waals surface area contributed by atoms with E-state index >= 15 is 0 Å². The van der Waals surface area contributed by atoms with Gasteiger partial charge < -0.3 is 14.6 Å². The molecule has 2 aliphatic heterocycles. The van der Waals surface area contributed by atoms with E-state index in [1.165, 1.54) is 0 Å². The Morgan fingerprint density at radius 2 is 1.67 bits per heavy atom. The Labute approximate surface area is 109 Å². The van der Waals surface area contributed by atoms with Gasteiger partial charge in [0.1, 0.15) is 5.41 Å². The molecule has 5 heteroatoms. The first-order valence-corrected chi connectivity index (χ1v) is 6.13. The lowest BCUT2D eigenvalue weighted by Gasteiger charge is -2.56. The zero-order valence-electron chi connectivity index (χ0n) is 9.69. The highest BCUT2D eigenvalue weighted by atomic mass is 35.5. The quantitative estimate of drug-likeness (QED) is 0.907. The van der Waals surface area contributed by atoms with E-state index in [-0.39, 0.29) is 13.2 Å². The summed E-state index contributed by atoms with van der Waals surface area (Å²) in [5, 5.41) is 10.2. The third-order valence-corrected chi connectivity index (χ3v) is 4.37. The van der Waals surface area contributed by atoms with E-state index in [0.717, 1.165) is 5.56 Å². The van der Waals surface area contributed by atoms with Crippen molar-refractivity contribution in [1.29, 1.82) is 0 Å². The van der Waals surface area contributed by atoms with E-state index in [1.807, 2.05) is 12.1 Å². The van der Waals surface area contributed by atoms with Gasteiger partial charge in [0.15, 0.2) is 0 Å². The summed E-state index contributed by atoms with van der Waals surface area (Å²) in [4.78, 5) is 11.6. The molecule has 2 fully saturated rings. The summed E-state index contributed by atoms with van der Waals surface area (Å²) in [5.41, 5.74) is -0.385. The van der Waals surface area contributed by atoms with Crippen molar-refractivity contribution in [2.24, 2.45) is 5.41 Å². The van der Waals surface area contributed by atoms with Crippen molar-refractivity contribution < 1.29 is 19.4 Å². The number of ether oxygens (including phenoxy) is 2. The van der Waals surface area contributed by atoms with Crippen LogP contribution in [0.4, 0.5) is 0 Å². The molecule has 0 saturated carbocycles. The van der Waals surface area contributed by atoms with Gasteiger partial charge in [0, 0.05) is 5.02 Å². The van der Waals surface area contributed by atoms with Crippen molar-refractivity contribution in [1.82, 2.24) is 0 Å². The molecule has 1 aromatic rings. The van der Waals surface area contributed by atoms with Crippen LogP contribution < -0.4 is 0 Å². The third kappa shape index (κ3) is 1.37. The van der Waals surface area contributed by atoms with E-state index in [2.05, 4.69) is 0 Å². The van der Waals surface area contributed by atoms with E-state index in [4.69, 9.17) is 21.1 Å². The van der Waals surface area contributed by atoms with Gasteiger partial charge in [-0.25, -0.2) is 0 Å². The first-order valence-electron chi connectivity index (χ1n) is 5.76. The van der Waals surface area contributed by atoms with Gasteiger partial charge in [0.2, 0.25) is 0 Å². The molecule has 1 N–H and O–H groups in total. The Morgan fingerprint density at radius 1 is 1.11 bits per heavy atom. The van der Waals surface area contributed by atoms with Crippen LogP contribution in [-0.4, -0.2) is 37.5 Å². The fourth-order valence-electron chi connectivity index (χ4n) is 2.71. The molecular weight excluding hydrogens is 256 g/mol. The first-order chi connectivity index (χ1) is 8.61. The summed E-state index contributed by atoms with van der Waals surface area (Å²) >= 11 is 5.88. The maximum absolute atomic E-state index is 11.6. The number of carboxylic acids is 1. The average Bonchev–Trinajstić information content (AvgIpc) is 2.21. The number of carbonyl (C=O) groups is 1. The summed E-state index contributed by atoms with van der Waals surface area (Å²) in [6, 6.07) is 7.33. The molecule has 0 aliphatic carbocycles. The lowest BCUT2D eigenvalue weighted by molar-refractivity contribution is -0.236. The molecule has 0 aromatic heterocycles. The van der Waals surface area contributed by atoms with Crippen molar-refractivity contribution in [3.63, 3.8) is 0 Å². The molecule has 0 amide bonds. The fourth-order valence-corrected chi connectivity index (χ4v) is 2.83. The van der Waals surface area contributed by atoms with Gasteiger partial charge in [-0.05, 0) is 17.7 Å². The van der Waals surface area contributed by atoms with Gasteiger partial charge in [-0.3, -0.25) is 4.79 Å². The van der Waals surface area contributed by atoms with Crippen LogP contribution in [0, 0.1) is 5.41 Å². The lowest BCUT2D eigenvalue weighted by Crippen LogP contribution is -2.69. The zero-order valence-corrected chi connectivity index (χ0v) is 10.4. The van der Waals surface area contributed by atoms with Gasteiger partial charge in [0.05, 0.1) is 31.8 Å². The molecule has 18 heavy (non-hydrogen) atoms. The molecule has 1 aromatic carbocycles. The summed E-state index contributed by atoms with van der Waals surface area (Å²) < 4.78 is 10.5. The first kappa shape index (κ1) is 12.0. The second kappa shape index (κ2) is 3.95. The minimum Gasteiger partial charge on any atom is -0.481 e. The number of hydrogen-bond acceptors (Lipinski definition) is 3. The minimum absolute atomic E-state index is 0.244. The number of carboxylic acid groups (broad SMARTS) is 1. The van der Waals surface area contributed by atoms with E-state index in [0.29, 0.717) is 18.2 Å². The van der Waals surface area contributed by atoms with Gasteiger partial charge in [0.25, 0.3) is 0 Å². The summed E-state index contributed by atoms with van der Waals surface area (Å²) in [6.07, 6.45) is 0. The van der Waals surface area contributed by atoms with Gasteiger partial charge in [-0.1, -0.05) is 23.7 Å². The molecule has 3 rings (SSSR count). The molecule has 2 heterocycles. The van der Waals surface area contributed by atoms with Crippen LogP contribution in [0.3, 0.4) is 0 Å². The van der Waals surface area contributed by atoms with Crippen LogP contribution >= 0.6 is 11.6 Å². The third-order valence-electron chi connectivity index (χ3n) is 4.12. The zero-order chi connectivity index (χ0) is 12.8. The van der Waals surface area contributed by atoms with Crippen LogP contribution in [0.15, 0.2) is 24.3 Å². The number of benzene rings is 1. The summed E-state index contributed by atoms with van der Waals surface area (Å²) in [6.45, 7) is 1.33. The Bertz CT molecular complexity index is 474. The molecule has 2 aliphatic rings. The number of hydrogen-bond donors (Lipinski definition) is 1. The predicted octanol–water partition coefficient (Wildman–Crippen LogP) is 1.71. The predicted molar refractivity (Wildman–Crippen MR) is 64.8 cm³/mol. The largest absolute Gasteiger partial charge is 0.481 e. The highest BCUT2D eigenvalue weighted by molar-refractivity contribution is 6.30. The second-order valence-corrected chi connectivity index (χ2v) is 5.40. The Hall–Kier alpha value is -1.10. The molecule has 0 bridgehead atoms. The van der Waals surface area contributed by atoms with E-state index in [9.17, 15) is 9.90 Å².